The van der Waals surface area contributed by atoms with Crippen LogP contribution in [0, 0.1) is 34.1 Å². The van der Waals surface area contributed by atoms with Gasteiger partial charge in [-0.2, -0.15) is 0 Å². The Labute approximate surface area is 177 Å². The number of nitro groups is 2. The number of carbonyl (C=O) groups is 1. The van der Waals surface area contributed by atoms with E-state index < -0.39 is 15.8 Å². The van der Waals surface area contributed by atoms with Crippen molar-refractivity contribution in [3.05, 3.63) is 73.8 Å². The lowest BCUT2D eigenvalue weighted by Crippen LogP contribution is -2.13. The lowest BCUT2D eigenvalue weighted by Gasteiger charge is -2.12. The van der Waals surface area contributed by atoms with Gasteiger partial charge in [-0.3, -0.25) is 10.1 Å². The second kappa shape index (κ2) is 8.78. The maximum absolute atomic E-state index is 12.4. The molecule has 11 heteroatoms. The van der Waals surface area contributed by atoms with Crippen LogP contribution in [-0.2, 0) is 17.8 Å². The van der Waals surface area contributed by atoms with Crippen LogP contribution >= 0.6 is 0 Å². The molecule has 0 spiro atoms. The van der Waals surface area contributed by atoms with E-state index in [9.17, 15) is 25.0 Å². The number of imidazole rings is 1. The zero-order valence-corrected chi connectivity index (χ0v) is 17.3. The molecule has 3 aromatic rings. The highest BCUT2D eigenvalue weighted by atomic mass is 16.6. The van der Waals surface area contributed by atoms with Crippen molar-refractivity contribution >= 4 is 17.5 Å². The Bertz CT molecular complexity index is 1150. The van der Waals surface area contributed by atoms with Crippen molar-refractivity contribution in [3.8, 4) is 11.3 Å². The summed E-state index contributed by atoms with van der Waals surface area (Å²) in [6, 6.07) is 7.64. The van der Waals surface area contributed by atoms with Crippen molar-refractivity contribution in [1.29, 1.82) is 0 Å². The molecule has 1 aromatic carbocycles. The maximum atomic E-state index is 12.4. The third-order valence-electron chi connectivity index (χ3n) is 5.00. The fourth-order valence-corrected chi connectivity index (χ4v) is 3.42. The van der Waals surface area contributed by atoms with Crippen LogP contribution in [0.25, 0.3) is 11.3 Å². The van der Waals surface area contributed by atoms with E-state index in [-0.39, 0.29) is 24.7 Å². The van der Waals surface area contributed by atoms with Crippen molar-refractivity contribution in [3.63, 3.8) is 0 Å². The molecule has 2 heterocycles. The third kappa shape index (κ3) is 4.29. The van der Waals surface area contributed by atoms with Crippen LogP contribution in [-0.4, -0.2) is 36.5 Å². The van der Waals surface area contributed by atoms with Gasteiger partial charge in [-0.25, -0.2) is 14.3 Å². The Hall–Kier alpha value is -4.02. The molecule has 0 saturated carbocycles. The molecule has 0 aliphatic carbocycles. The van der Waals surface area contributed by atoms with Crippen LogP contribution in [0.4, 0.5) is 11.5 Å². The molecule has 0 amide bonds. The van der Waals surface area contributed by atoms with Gasteiger partial charge in [0.05, 0.1) is 23.6 Å². The first kappa shape index (κ1) is 21.7. The Balaban J connectivity index is 2.03. The van der Waals surface area contributed by atoms with E-state index in [1.54, 1.807) is 39.0 Å². The summed E-state index contributed by atoms with van der Waals surface area (Å²) in [6.45, 7) is 5.93. The van der Waals surface area contributed by atoms with Crippen LogP contribution in [0.3, 0.4) is 0 Å². The molecular formula is C20H21N5O6. The molecule has 31 heavy (non-hydrogen) atoms. The smallest absolute Gasteiger partial charge is 0.342 e. The minimum atomic E-state index is -0.496. The van der Waals surface area contributed by atoms with Gasteiger partial charge in [-0.1, -0.05) is 0 Å². The van der Waals surface area contributed by atoms with Crippen molar-refractivity contribution in [2.24, 2.45) is 0 Å². The average Bonchev–Trinajstić information content (AvgIpc) is 3.26. The summed E-state index contributed by atoms with van der Waals surface area (Å²) in [6.07, 6.45) is 1.21. The molecule has 0 fully saturated rings. The third-order valence-corrected chi connectivity index (χ3v) is 5.00. The average molecular weight is 427 g/mol. The van der Waals surface area contributed by atoms with E-state index in [2.05, 4.69) is 4.98 Å². The summed E-state index contributed by atoms with van der Waals surface area (Å²) in [5, 5.41) is 22.2. The summed E-state index contributed by atoms with van der Waals surface area (Å²) >= 11 is 0. The number of aryl methyl sites for hydroxylation is 1. The minimum absolute atomic E-state index is 0.0474. The molecule has 3 rings (SSSR count). The van der Waals surface area contributed by atoms with E-state index >= 15 is 0 Å². The molecule has 0 aliphatic heterocycles. The molecule has 162 valence electrons. The van der Waals surface area contributed by atoms with Crippen LogP contribution < -0.4 is 0 Å². The molecule has 0 aliphatic rings. The maximum Gasteiger partial charge on any atom is 0.342 e. The van der Waals surface area contributed by atoms with E-state index in [0.29, 0.717) is 34.9 Å². The predicted octanol–water partition coefficient (Wildman–Crippen LogP) is 3.66. The van der Waals surface area contributed by atoms with Crippen molar-refractivity contribution in [1.82, 2.24) is 14.1 Å². The van der Waals surface area contributed by atoms with Crippen LogP contribution in [0.5, 0.6) is 0 Å². The zero-order chi connectivity index (χ0) is 22.7. The number of nitrogens with zero attached hydrogens (tertiary/aromatic N) is 5. The number of aromatic nitrogens is 3. The fraction of sp³-hybridized carbons (Fsp3) is 0.300. The Kier molecular flexibility index (Phi) is 6.14. The minimum Gasteiger partial charge on any atom is -0.462 e. The summed E-state index contributed by atoms with van der Waals surface area (Å²) in [5.74, 6) is -0.101. The monoisotopic (exact) mass is 427 g/mol. The normalized spacial score (nSPS) is 10.8. The first-order valence-corrected chi connectivity index (χ1v) is 9.53. The SMILES string of the molecule is CCOC(=O)c1cc(-c2ccc([N+](=O)[O-])cc2)n(CCn2c([N+](=O)[O-])cnc2C)c1C. The summed E-state index contributed by atoms with van der Waals surface area (Å²) in [5.41, 5.74) is 2.27. The molecule has 0 N–H and O–H groups in total. The molecule has 0 atom stereocenters. The van der Waals surface area contributed by atoms with Gasteiger partial charge in [0.1, 0.15) is 12.7 Å². The summed E-state index contributed by atoms with van der Waals surface area (Å²) in [4.78, 5) is 37.7. The molecule has 0 radical (unpaired) electrons. The number of non-ortho nitro benzene ring substituents is 1. The second-order valence-electron chi connectivity index (χ2n) is 6.78. The number of carbonyl (C=O) groups excluding carboxylic acids is 1. The molecule has 0 unspecified atom stereocenters. The first-order chi connectivity index (χ1) is 14.7. The fourth-order valence-electron chi connectivity index (χ4n) is 3.42. The van der Waals surface area contributed by atoms with Crippen molar-refractivity contribution < 1.29 is 19.4 Å². The lowest BCUT2D eigenvalue weighted by molar-refractivity contribution is -0.392. The lowest BCUT2D eigenvalue weighted by atomic mass is 10.1. The second-order valence-corrected chi connectivity index (χ2v) is 6.78. The highest BCUT2D eigenvalue weighted by molar-refractivity contribution is 5.92. The molecular weight excluding hydrogens is 406 g/mol. The number of esters is 1. The Morgan fingerprint density at radius 3 is 2.29 bits per heavy atom. The van der Waals surface area contributed by atoms with Gasteiger partial charge >= 0.3 is 11.8 Å². The number of ether oxygens (including phenoxy) is 1. The number of rotatable bonds is 8. The van der Waals surface area contributed by atoms with Crippen molar-refractivity contribution in [2.75, 3.05) is 6.61 Å². The summed E-state index contributed by atoms with van der Waals surface area (Å²) < 4.78 is 8.47. The summed E-state index contributed by atoms with van der Waals surface area (Å²) in [7, 11) is 0. The highest BCUT2D eigenvalue weighted by Gasteiger charge is 2.22. The van der Waals surface area contributed by atoms with Crippen LogP contribution in [0.2, 0.25) is 0 Å². The zero-order valence-electron chi connectivity index (χ0n) is 17.3. The van der Waals surface area contributed by atoms with Gasteiger partial charge in [0, 0.05) is 30.4 Å². The van der Waals surface area contributed by atoms with E-state index in [1.165, 1.54) is 22.9 Å². The van der Waals surface area contributed by atoms with Crippen LogP contribution in [0.15, 0.2) is 36.5 Å². The predicted molar refractivity (Wildman–Crippen MR) is 111 cm³/mol. The Morgan fingerprint density at radius 1 is 1.06 bits per heavy atom. The Morgan fingerprint density at radius 2 is 1.71 bits per heavy atom. The van der Waals surface area contributed by atoms with Crippen molar-refractivity contribution in [2.45, 2.75) is 33.9 Å². The molecule has 0 bridgehead atoms. The number of hydrogen-bond donors (Lipinski definition) is 0. The molecule has 0 saturated heterocycles. The van der Waals surface area contributed by atoms with Gasteiger partial charge < -0.3 is 19.4 Å². The van der Waals surface area contributed by atoms with Gasteiger partial charge in [-0.05, 0) is 42.5 Å². The standard InChI is InChI=1S/C20H21N5O6/c1-4-31-20(26)17-11-18(15-5-7-16(8-6-15)24(27)28)22(13(17)2)9-10-23-14(3)21-12-19(23)25(29)30/h5-8,11-12H,4,9-10H2,1-3H3. The van der Waals surface area contributed by atoms with Gasteiger partial charge in [0.15, 0.2) is 5.82 Å². The quantitative estimate of drug-likeness (QED) is 0.304. The largest absolute Gasteiger partial charge is 0.462 e. The number of hydrogen-bond acceptors (Lipinski definition) is 7. The van der Waals surface area contributed by atoms with Crippen LogP contribution in [0.1, 0.15) is 28.8 Å². The number of nitro benzene ring substituents is 1. The van der Waals surface area contributed by atoms with E-state index in [1.807, 2.05) is 4.57 Å². The topological polar surface area (TPSA) is 135 Å². The highest BCUT2D eigenvalue weighted by Crippen LogP contribution is 2.28. The first-order valence-electron chi connectivity index (χ1n) is 9.53. The van der Waals surface area contributed by atoms with Gasteiger partial charge in [0.2, 0.25) is 0 Å². The molecule has 11 nitrogen and oxygen atoms in total. The van der Waals surface area contributed by atoms with Gasteiger partial charge in [0.25, 0.3) is 5.69 Å². The van der Waals surface area contributed by atoms with E-state index in [0.717, 1.165) is 0 Å². The van der Waals surface area contributed by atoms with E-state index in [4.69, 9.17) is 4.74 Å². The number of benzene rings is 1. The van der Waals surface area contributed by atoms with Gasteiger partial charge in [-0.15, -0.1) is 0 Å². The molecule has 2 aromatic heterocycles.